The highest BCUT2D eigenvalue weighted by Gasteiger charge is 2.02. The minimum Gasteiger partial charge on any atom is -0.369 e. The third-order valence-corrected chi connectivity index (χ3v) is 3.26. The number of allylic oxidation sites excluding steroid dienone is 3. The molecule has 0 fully saturated rings. The van der Waals surface area contributed by atoms with Gasteiger partial charge in [-0.1, -0.05) is 60.7 Å². The Morgan fingerprint density at radius 1 is 0.826 bits per heavy atom. The molecule has 0 heterocycles. The molecule has 3 nitrogen and oxygen atoms in total. The normalized spacial score (nSPS) is 9.83. The van der Waals surface area contributed by atoms with Gasteiger partial charge in [0.05, 0.1) is 0 Å². The summed E-state index contributed by atoms with van der Waals surface area (Å²) >= 11 is 0. The SMILES string of the molecule is N#CC(C#N)=CC=CN(Cc1ccccc1)Cc1ccccc1. The molecule has 2 rings (SSSR count). The van der Waals surface area contributed by atoms with Crippen LogP contribution < -0.4 is 0 Å². The van der Waals surface area contributed by atoms with Crippen LogP contribution in [0.5, 0.6) is 0 Å². The summed E-state index contributed by atoms with van der Waals surface area (Å²) in [5.41, 5.74) is 2.51. The molecule has 2 aromatic carbocycles. The van der Waals surface area contributed by atoms with Gasteiger partial charge in [0.1, 0.15) is 17.7 Å². The molecule has 0 saturated heterocycles. The van der Waals surface area contributed by atoms with Crippen molar-refractivity contribution in [3.63, 3.8) is 0 Å². The second kappa shape index (κ2) is 8.87. The lowest BCUT2D eigenvalue weighted by atomic mass is 10.2. The number of hydrogen-bond donors (Lipinski definition) is 0. The topological polar surface area (TPSA) is 50.8 Å². The minimum atomic E-state index is 0.0978. The molecule has 0 saturated carbocycles. The van der Waals surface area contributed by atoms with Crippen LogP contribution in [-0.4, -0.2) is 4.90 Å². The predicted octanol–water partition coefficient (Wildman–Crippen LogP) is 4.18. The van der Waals surface area contributed by atoms with E-state index in [0.29, 0.717) is 0 Å². The molecule has 0 atom stereocenters. The second-order valence-electron chi connectivity index (χ2n) is 5.02. The van der Waals surface area contributed by atoms with Gasteiger partial charge in [0.2, 0.25) is 0 Å². The van der Waals surface area contributed by atoms with Crippen LogP contribution in [-0.2, 0) is 13.1 Å². The van der Waals surface area contributed by atoms with E-state index in [1.165, 1.54) is 17.2 Å². The quantitative estimate of drug-likeness (QED) is 0.594. The smallest absolute Gasteiger partial charge is 0.129 e. The zero-order valence-electron chi connectivity index (χ0n) is 12.8. The maximum atomic E-state index is 8.77. The standard InChI is InChI=1S/C20H17N3/c21-14-20(15-22)12-7-13-23(16-18-8-3-1-4-9-18)17-19-10-5-2-6-11-19/h1-13H,16-17H2. The number of nitrogens with zero attached hydrogens (tertiary/aromatic N) is 3. The summed E-state index contributed by atoms with van der Waals surface area (Å²) in [6, 6.07) is 24.1. The third kappa shape index (κ3) is 5.53. The molecule has 0 aliphatic heterocycles. The summed E-state index contributed by atoms with van der Waals surface area (Å²) in [5.74, 6) is 0. The van der Waals surface area contributed by atoms with Gasteiger partial charge in [0.15, 0.2) is 0 Å². The van der Waals surface area contributed by atoms with Crippen LogP contribution in [0.25, 0.3) is 0 Å². The van der Waals surface area contributed by atoms with E-state index in [4.69, 9.17) is 10.5 Å². The van der Waals surface area contributed by atoms with Crippen molar-refractivity contribution in [1.82, 2.24) is 4.90 Å². The van der Waals surface area contributed by atoms with Crippen LogP contribution in [0.15, 0.2) is 84.6 Å². The molecular weight excluding hydrogens is 282 g/mol. The zero-order chi connectivity index (χ0) is 16.3. The van der Waals surface area contributed by atoms with Crippen LogP contribution in [0.3, 0.4) is 0 Å². The first-order chi connectivity index (χ1) is 11.3. The lowest BCUT2D eigenvalue weighted by Gasteiger charge is -2.20. The highest BCUT2D eigenvalue weighted by molar-refractivity contribution is 5.37. The van der Waals surface area contributed by atoms with Crippen molar-refractivity contribution >= 4 is 0 Å². The van der Waals surface area contributed by atoms with Gasteiger partial charge in [-0.15, -0.1) is 0 Å². The molecule has 0 aliphatic carbocycles. The second-order valence-corrected chi connectivity index (χ2v) is 5.02. The Bertz CT molecular complexity index is 689. The molecule has 0 unspecified atom stereocenters. The molecule has 0 spiro atoms. The van der Waals surface area contributed by atoms with E-state index in [-0.39, 0.29) is 5.57 Å². The Morgan fingerprint density at radius 2 is 1.30 bits per heavy atom. The first-order valence-electron chi connectivity index (χ1n) is 7.32. The van der Waals surface area contributed by atoms with Crippen molar-refractivity contribution in [3.05, 3.63) is 95.7 Å². The van der Waals surface area contributed by atoms with Crippen molar-refractivity contribution in [3.8, 4) is 12.1 Å². The van der Waals surface area contributed by atoms with Gasteiger partial charge < -0.3 is 4.90 Å². The van der Waals surface area contributed by atoms with E-state index in [1.807, 2.05) is 54.7 Å². The summed E-state index contributed by atoms with van der Waals surface area (Å²) in [4.78, 5) is 2.15. The Balaban J connectivity index is 2.14. The first kappa shape index (κ1) is 16.1. The minimum absolute atomic E-state index is 0.0978. The molecule has 0 bridgehead atoms. The molecule has 0 N–H and O–H groups in total. The Morgan fingerprint density at radius 3 is 1.74 bits per heavy atom. The van der Waals surface area contributed by atoms with Gasteiger partial charge in [-0.25, -0.2) is 0 Å². The molecule has 112 valence electrons. The molecule has 3 heteroatoms. The van der Waals surface area contributed by atoms with Crippen LogP contribution in [0.1, 0.15) is 11.1 Å². The maximum Gasteiger partial charge on any atom is 0.129 e. The molecule has 23 heavy (non-hydrogen) atoms. The van der Waals surface area contributed by atoms with Gasteiger partial charge in [0.25, 0.3) is 0 Å². The number of hydrogen-bond acceptors (Lipinski definition) is 3. The number of nitriles is 2. The largest absolute Gasteiger partial charge is 0.369 e. The lowest BCUT2D eigenvalue weighted by Crippen LogP contribution is -2.16. The summed E-state index contributed by atoms with van der Waals surface area (Å²) in [7, 11) is 0. The number of benzene rings is 2. The van der Waals surface area contributed by atoms with Crippen LogP contribution in [0.4, 0.5) is 0 Å². The van der Waals surface area contributed by atoms with Crippen LogP contribution in [0.2, 0.25) is 0 Å². The summed E-state index contributed by atoms with van der Waals surface area (Å²) in [6.45, 7) is 1.52. The maximum absolute atomic E-state index is 8.77. The molecule has 0 amide bonds. The summed E-state index contributed by atoms with van der Waals surface area (Å²) in [6.07, 6.45) is 5.19. The van der Waals surface area contributed by atoms with Gasteiger partial charge in [-0.05, 0) is 29.5 Å². The van der Waals surface area contributed by atoms with Crippen LogP contribution in [0, 0.1) is 22.7 Å². The molecule has 0 radical (unpaired) electrons. The third-order valence-electron chi connectivity index (χ3n) is 3.26. The molecule has 0 aromatic heterocycles. The van der Waals surface area contributed by atoms with E-state index >= 15 is 0 Å². The number of rotatable bonds is 6. The van der Waals surface area contributed by atoms with E-state index in [0.717, 1.165) is 13.1 Å². The molecular formula is C20H17N3. The van der Waals surface area contributed by atoms with Gasteiger partial charge in [-0.3, -0.25) is 0 Å². The highest BCUT2D eigenvalue weighted by Crippen LogP contribution is 2.10. The average Bonchev–Trinajstić information content (AvgIpc) is 2.60. The van der Waals surface area contributed by atoms with E-state index in [9.17, 15) is 0 Å². The molecule has 2 aromatic rings. The monoisotopic (exact) mass is 299 g/mol. The van der Waals surface area contributed by atoms with Crippen molar-refractivity contribution in [2.24, 2.45) is 0 Å². The first-order valence-corrected chi connectivity index (χ1v) is 7.32. The van der Waals surface area contributed by atoms with Crippen molar-refractivity contribution in [2.45, 2.75) is 13.1 Å². The predicted molar refractivity (Wildman–Crippen MR) is 90.6 cm³/mol. The zero-order valence-corrected chi connectivity index (χ0v) is 12.8. The Labute approximate surface area is 137 Å². The average molecular weight is 299 g/mol. The summed E-state index contributed by atoms with van der Waals surface area (Å²) < 4.78 is 0. The van der Waals surface area contributed by atoms with E-state index < -0.39 is 0 Å². The fourth-order valence-corrected chi connectivity index (χ4v) is 2.16. The van der Waals surface area contributed by atoms with Gasteiger partial charge in [-0.2, -0.15) is 10.5 Å². The Hall–Kier alpha value is -3.30. The summed E-state index contributed by atoms with van der Waals surface area (Å²) in [5, 5.41) is 17.5. The Kier molecular flexibility index (Phi) is 6.20. The van der Waals surface area contributed by atoms with Gasteiger partial charge >= 0.3 is 0 Å². The highest BCUT2D eigenvalue weighted by atomic mass is 15.1. The fourth-order valence-electron chi connectivity index (χ4n) is 2.16. The van der Waals surface area contributed by atoms with Gasteiger partial charge in [0, 0.05) is 13.1 Å². The lowest BCUT2D eigenvalue weighted by molar-refractivity contribution is 0.362. The molecule has 0 aliphatic rings. The van der Waals surface area contributed by atoms with Crippen molar-refractivity contribution in [2.75, 3.05) is 0 Å². The van der Waals surface area contributed by atoms with Crippen molar-refractivity contribution < 1.29 is 0 Å². The van der Waals surface area contributed by atoms with Crippen LogP contribution >= 0.6 is 0 Å². The van der Waals surface area contributed by atoms with E-state index in [2.05, 4.69) is 29.2 Å². The fraction of sp³-hybridized carbons (Fsp3) is 0.100. The van der Waals surface area contributed by atoms with E-state index in [1.54, 1.807) is 6.08 Å². The van der Waals surface area contributed by atoms with Crippen molar-refractivity contribution in [1.29, 1.82) is 10.5 Å².